The predicted molar refractivity (Wildman–Crippen MR) is 91.9 cm³/mol. The van der Waals surface area contributed by atoms with Crippen molar-refractivity contribution < 1.29 is 23.1 Å². The number of ether oxygens (including phenoxy) is 1. The molecular weight excluding hydrogens is 332 g/mol. The molecule has 0 aromatic carbocycles. The van der Waals surface area contributed by atoms with Crippen LogP contribution < -0.4 is 10.1 Å². The summed E-state index contributed by atoms with van der Waals surface area (Å²) in [4.78, 5) is 14.9. The van der Waals surface area contributed by atoms with Crippen molar-refractivity contribution in [2.24, 2.45) is 0 Å². The maximum atomic E-state index is 11.5. The van der Waals surface area contributed by atoms with Crippen LogP contribution in [0.4, 0.5) is 5.82 Å². The highest BCUT2D eigenvalue weighted by atomic mass is 32.2. The second kappa shape index (κ2) is 7.48. The van der Waals surface area contributed by atoms with Gasteiger partial charge in [0.25, 0.3) is 0 Å². The third-order valence-corrected chi connectivity index (χ3v) is 5.39. The maximum absolute atomic E-state index is 11.5. The number of sulfone groups is 1. The van der Waals surface area contributed by atoms with Crippen LogP contribution in [0.5, 0.6) is 5.75 Å². The van der Waals surface area contributed by atoms with Crippen LogP contribution in [0.15, 0.2) is 31.0 Å². The highest BCUT2D eigenvalue weighted by molar-refractivity contribution is 7.91. The number of aromatic nitrogens is 1. The highest BCUT2D eigenvalue weighted by Gasteiger charge is 2.25. The van der Waals surface area contributed by atoms with E-state index >= 15 is 0 Å². The van der Waals surface area contributed by atoms with E-state index in [2.05, 4.69) is 16.9 Å². The minimum Gasteiger partial charge on any atom is -0.489 e. The molecule has 0 saturated carbocycles. The van der Waals surface area contributed by atoms with E-state index in [0.29, 0.717) is 35.5 Å². The highest BCUT2D eigenvalue weighted by Crippen LogP contribution is 2.27. The van der Waals surface area contributed by atoms with Gasteiger partial charge in [0, 0.05) is 18.7 Å². The lowest BCUT2D eigenvalue weighted by Crippen LogP contribution is -2.30. The zero-order valence-electron chi connectivity index (χ0n) is 13.4. The third kappa shape index (κ3) is 4.82. The van der Waals surface area contributed by atoms with Gasteiger partial charge in [-0.2, -0.15) is 0 Å². The lowest BCUT2D eigenvalue weighted by atomic mass is 10.1. The monoisotopic (exact) mass is 352 g/mol. The fourth-order valence-corrected chi connectivity index (χ4v) is 3.84. The number of carboxylic acids is 1. The maximum Gasteiger partial charge on any atom is 0.328 e. The van der Waals surface area contributed by atoms with E-state index in [4.69, 9.17) is 9.84 Å². The number of hydrogen-bond acceptors (Lipinski definition) is 6. The Hall–Kier alpha value is -2.35. The molecule has 1 aliphatic rings. The van der Waals surface area contributed by atoms with Crippen LogP contribution in [-0.2, 0) is 14.6 Å². The zero-order chi connectivity index (χ0) is 17.7. The lowest BCUT2D eigenvalue weighted by Gasteiger charge is -2.23. The fraction of sp³-hybridized carbons (Fsp3) is 0.375. The van der Waals surface area contributed by atoms with E-state index in [1.54, 1.807) is 19.3 Å². The standard InChI is InChI=1S/C16H20N2O5S/c1-11(3-4-15(19)20)14-9-13(10-18-16(14)17-2)23-12-5-7-24(21,22)8-6-12/h3-4,9-10,12H,1,5-8H2,2H3,(H,17,18)(H,19,20)/b4-3+. The van der Waals surface area contributed by atoms with Crippen LogP contribution in [0, 0.1) is 0 Å². The first-order valence-electron chi connectivity index (χ1n) is 7.46. The van der Waals surface area contributed by atoms with Crippen molar-refractivity contribution in [3.63, 3.8) is 0 Å². The lowest BCUT2D eigenvalue weighted by molar-refractivity contribution is -0.131. The Morgan fingerprint density at radius 3 is 2.67 bits per heavy atom. The Bertz CT molecular complexity index is 757. The smallest absolute Gasteiger partial charge is 0.328 e. The number of pyridine rings is 1. The normalized spacial score (nSPS) is 17.5. The van der Waals surface area contributed by atoms with E-state index in [9.17, 15) is 13.2 Å². The molecule has 130 valence electrons. The zero-order valence-corrected chi connectivity index (χ0v) is 14.2. The molecule has 7 nitrogen and oxygen atoms in total. The van der Waals surface area contributed by atoms with Crippen molar-refractivity contribution in [3.8, 4) is 5.75 Å². The number of carbonyl (C=O) groups is 1. The van der Waals surface area contributed by atoms with E-state index < -0.39 is 15.8 Å². The summed E-state index contributed by atoms with van der Waals surface area (Å²) in [7, 11) is -1.24. The molecule has 2 heterocycles. The molecule has 0 atom stereocenters. The number of rotatable bonds is 6. The number of carboxylic acid groups (broad SMARTS) is 1. The van der Waals surface area contributed by atoms with Crippen LogP contribution in [0.3, 0.4) is 0 Å². The number of anilines is 1. The van der Waals surface area contributed by atoms with Gasteiger partial charge in [0.15, 0.2) is 9.84 Å². The topological polar surface area (TPSA) is 106 Å². The molecule has 0 aliphatic carbocycles. The molecule has 0 amide bonds. The average molecular weight is 352 g/mol. The van der Waals surface area contributed by atoms with E-state index in [0.717, 1.165) is 6.08 Å². The van der Waals surface area contributed by atoms with Crippen molar-refractivity contribution in [1.82, 2.24) is 4.98 Å². The van der Waals surface area contributed by atoms with Gasteiger partial charge in [-0.3, -0.25) is 0 Å². The largest absolute Gasteiger partial charge is 0.489 e. The molecule has 2 N–H and O–H groups in total. The van der Waals surface area contributed by atoms with Gasteiger partial charge in [-0.15, -0.1) is 0 Å². The van der Waals surface area contributed by atoms with Crippen molar-refractivity contribution in [2.75, 3.05) is 23.9 Å². The Kier molecular flexibility index (Phi) is 5.61. The van der Waals surface area contributed by atoms with Gasteiger partial charge >= 0.3 is 5.97 Å². The molecule has 1 fully saturated rings. The minimum atomic E-state index is -2.94. The summed E-state index contributed by atoms with van der Waals surface area (Å²) in [6.07, 6.45) is 4.66. The van der Waals surface area contributed by atoms with E-state index in [1.165, 1.54) is 6.08 Å². The number of allylic oxidation sites excluding steroid dienone is 2. The first kappa shape index (κ1) is 18.0. The number of nitrogens with zero attached hydrogens (tertiary/aromatic N) is 1. The number of hydrogen-bond donors (Lipinski definition) is 2. The van der Waals surface area contributed by atoms with Crippen molar-refractivity contribution >= 4 is 27.2 Å². The van der Waals surface area contributed by atoms with Gasteiger partial charge in [0.05, 0.1) is 17.7 Å². The van der Waals surface area contributed by atoms with Gasteiger partial charge in [-0.1, -0.05) is 6.58 Å². The Balaban J connectivity index is 2.16. The molecule has 24 heavy (non-hydrogen) atoms. The molecule has 8 heteroatoms. The summed E-state index contributed by atoms with van der Waals surface area (Å²) in [5.74, 6) is 0.235. The summed E-state index contributed by atoms with van der Waals surface area (Å²) < 4.78 is 28.7. The average Bonchev–Trinajstić information content (AvgIpc) is 2.54. The predicted octanol–water partition coefficient (Wildman–Crippen LogP) is 1.73. The molecule has 0 radical (unpaired) electrons. The van der Waals surface area contributed by atoms with Gasteiger partial charge in [0.1, 0.15) is 17.7 Å². The van der Waals surface area contributed by atoms with Gasteiger partial charge in [0.2, 0.25) is 0 Å². The van der Waals surface area contributed by atoms with Crippen molar-refractivity contribution in [3.05, 3.63) is 36.6 Å². The summed E-state index contributed by atoms with van der Waals surface area (Å²) in [5, 5.41) is 11.6. The molecule has 1 aliphatic heterocycles. The van der Waals surface area contributed by atoms with Gasteiger partial charge in [-0.05, 0) is 30.6 Å². The molecule has 0 spiro atoms. The molecular formula is C16H20N2O5S. The van der Waals surface area contributed by atoms with Gasteiger partial charge < -0.3 is 15.2 Å². The van der Waals surface area contributed by atoms with Crippen LogP contribution in [0.25, 0.3) is 5.57 Å². The first-order chi connectivity index (χ1) is 11.3. The number of nitrogens with one attached hydrogen (secondary N) is 1. The quantitative estimate of drug-likeness (QED) is 0.593. The summed E-state index contributed by atoms with van der Waals surface area (Å²) in [5.41, 5.74) is 1.10. The summed E-state index contributed by atoms with van der Waals surface area (Å²) in [6.45, 7) is 3.85. The third-order valence-electron chi connectivity index (χ3n) is 3.68. The first-order valence-corrected chi connectivity index (χ1v) is 9.28. The summed E-state index contributed by atoms with van der Waals surface area (Å²) >= 11 is 0. The van der Waals surface area contributed by atoms with Crippen LogP contribution >= 0.6 is 0 Å². The Morgan fingerprint density at radius 2 is 2.08 bits per heavy atom. The Morgan fingerprint density at radius 1 is 1.42 bits per heavy atom. The van der Waals surface area contributed by atoms with Crippen LogP contribution in [0.1, 0.15) is 18.4 Å². The summed E-state index contributed by atoms with van der Waals surface area (Å²) in [6, 6.07) is 1.72. The SMILES string of the molecule is C=C(/C=C/C(=O)O)c1cc(OC2CCS(=O)(=O)CC2)cnc1NC. The fourth-order valence-electron chi connectivity index (χ4n) is 2.39. The molecule has 2 rings (SSSR count). The Labute approximate surface area is 141 Å². The van der Waals surface area contributed by atoms with Crippen molar-refractivity contribution in [2.45, 2.75) is 18.9 Å². The van der Waals surface area contributed by atoms with Gasteiger partial charge in [-0.25, -0.2) is 18.2 Å². The molecule has 0 unspecified atom stereocenters. The van der Waals surface area contributed by atoms with Crippen molar-refractivity contribution in [1.29, 1.82) is 0 Å². The molecule has 1 saturated heterocycles. The molecule has 1 aromatic heterocycles. The van der Waals surface area contributed by atoms with E-state index in [-0.39, 0.29) is 17.6 Å². The van der Waals surface area contributed by atoms with Crippen LogP contribution in [-0.4, -0.2) is 49.1 Å². The second-order valence-corrected chi connectivity index (χ2v) is 7.79. The molecule has 0 bridgehead atoms. The number of aliphatic carboxylic acids is 1. The van der Waals surface area contributed by atoms with E-state index in [1.807, 2.05) is 0 Å². The molecule has 1 aromatic rings. The second-order valence-electron chi connectivity index (χ2n) is 5.48. The van der Waals surface area contributed by atoms with Crippen LogP contribution in [0.2, 0.25) is 0 Å². The minimum absolute atomic E-state index is 0.126.